The Bertz CT molecular complexity index is 1460. The molecule has 0 N–H and O–H groups in total. The fourth-order valence-electron chi connectivity index (χ4n) is 6.15. The molecule has 0 unspecified atom stereocenters. The molecule has 224 valence electrons. The number of carbonyl (C=O) groups excluding carboxylic acids is 1. The molecule has 1 aliphatic carbocycles. The quantitative estimate of drug-likeness (QED) is 0.285. The molecule has 8 nitrogen and oxygen atoms in total. The lowest BCUT2D eigenvalue weighted by Gasteiger charge is -2.46. The molecule has 42 heavy (non-hydrogen) atoms. The molecule has 1 saturated carbocycles. The number of benzene rings is 1. The summed E-state index contributed by atoms with van der Waals surface area (Å²) in [6, 6.07) is 5.71. The monoisotopic (exact) mass is 590 g/mol. The Balaban J connectivity index is 1.30. The van der Waals surface area contributed by atoms with Crippen molar-refractivity contribution < 1.29 is 31.5 Å². The van der Waals surface area contributed by atoms with Gasteiger partial charge >= 0.3 is 12.2 Å². The van der Waals surface area contributed by atoms with Crippen LogP contribution in [0.1, 0.15) is 73.4 Å². The number of amides is 2. The number of aromatic nitrogens is 3. The molecule has 2 amide bonds. The average molecular weight is 591 g/mol. The fraction of sp³-hybridized carbons (Fsp3) is 0.483. The Morgan fingerprint density at radius 3 is 2.40 bits per heavy atom. The largest absolute Gasteiger partial charge is 0.480 e. The van der Waals surface area contributed by atoms with E-state index in [0.29, 0.717) is 31.7 Å². The lowest BCUT2D eigenvalue weighted by atomic mass is 9.97. The van der Waals surface area contributed by atoms with Crippen LogP contribution in [0.2, 0.25) is 0 Å². The second kappa shape index (κ2) is 10.7. The smallest absolute Gasteiger partial charge is 0.416 e. The van der Waals surface area contributed by atoms with Crippen LogP contribution in [0.4, 0.5) is 38.3 Å². The van der Waals surface area contributed by atoms with Crippen molar-refractivity contribution in [3.63, 3.8) is 0 Å². The number of pyridine rings is 1. The summed E-state index contributed by atoms with van der Waals surface area (Å²) in [6.07, 6.45) is -1.24. The van der Waals surface area contributed by atoms with Crippen LogP contribution >= 0.6 is 0 Å². The third-order valence-corrected chi connectivity index (χ3v) is 8.41. The van der Waals surface area contributed by atoms with Crippen molar-refractivity contribution in [3.05, 3.63) is 65.0 Å². The number of methoxy groups -OCH3 is 1. The van der Waals surface area contributed by atoms with Crippen LogP contribution in [0.15, 0.2) is 42.7 Å². The molecule has 2 fully saturated rings. The molecule has 0 radical (unpaired) electrons. The van der Waals surface area contributed by atoms with E-state index >= 15 is 0 Å². The van der Waals surface area contributed by atoms with Crippen LogP contribution < -0.4 is 14.5 Å². The van der Waals surface area contributed by atoms with Gasteiger partial charge in [-0.25, -0.2) is 18.6 Å². The minimum absolute atomic E-state index is 0.0159. The zero-order chi connectivity index (χ0) is 29.8. The lowest BCUT2D eigenvalue weighted by Crippen LogP contribution is -2.55. The number of fused-ring (bicyclic) bond motifs is 1. The molecular weight excluding hydrogens is 559 g/mol. The first-order valence-electron chi connectivity index (χ1n) is 14.0. The highest BCUT2D eigenvalue weighted by atomic mass is 19.4. The van der Waals surface area contributed by atoms with Crippen molar-refractivity contribution in [1.82, 2.24) is 19.7 Å². The van der Waals surface area contributed by atoms with Gasteiger partial charge in [-0.05, 0) is 50.3 Å². The Hall–Kier alpha value is -3.90. The highest BCUT2D eigenvalue weighted by molar-refractivity contribution is 5.94. The number of rotatable bonds is 7. The highest BCUT2D eigenvalue weighted by Gasteiger charge is 2.44. The first kappa shape index (κ1) is 28.2. The summed E-state index contributed by atoms with van der Waals surface area (Å²) in [5.74, 6) is 0.493. The van der Waals surface area contributed by atoms with Crippen LogP contribution in [0.3, 0.4) is 0 Å². The Morgan fingerprint density at radius 1 is 1.05 bits per heavy atom. The number of halogens is 5. The molecule has 4 heterocycles. The number of ether oxygens (including phenoxy) is 1. The number of alkyl halides is 5. The molecule has 6 rings (SSSR count). The summed E-state index contributed by atoms with van der Waals surface area (Å²) in [4.78, 5) is 23.1. The van der Waals surface area contributed by atoms with Crippen LogP contribution in [0, 0.1) is 0 Å². The van der Waals surface area contributed by atoms with E-state index in [1.54, 1.807) is 9.80 Å². The summed E-state index contributed by atoms with van der Waals surface area (Å²) in [6.45, 7) is 2.36. The van der Waals surface area contributed by atoms with E-state index in [9.17, 15) is 26.7 Å². The first-order valence-corrected chi connectivity index (χ1v) is 14.0. The van der Waals surface area contributed by atoms with Crippen molar-refractivity contribution in [3.8, 4) is 5.88 Å². The molecule has 1 aromatic carbocycles. The average Bonchev–Trinajstić information content (AvgIpc) is 3.73. The van der Waals surface area contributed by atoms with Gasteiger partial charge in [0, 0.05) is 42.7 Å². The van der Waals surface area contributed by atoms with Gasteiger partial charge < -0.3 is 14.5 Å². The number of hydrogen-bond acceptors (Lipinski definition) is 5. The Labute approximate surface area is 239 Å². The first-order chi connectivity index (χ1) is 20.1. The summed E-state index contributed by atoms with van der Waals surface area (Å²) >= 11 is 0. The number of anilines is 2. The zero-order valence-electron chi connectivity index (χ0n) is 23.2. The normalized spacial score (nSPS) is 20.0. The van der Waals surface area contributed by atoms with Crippen LogP contribution in [0.5, 0.6) is 5.88 Å². The molecule has 3 aromatic rings. The summed E-state index contributed by atoms with van der Waals surface area (Å²) in [5, 5.41) is 4.67. The van der Waals surface area contributed by atoms with E-state index in [0.717, 1.165) is 24.5 Å². The third kappa shape index (κ3) is 5.02. The molecule has 1 atom stereocenters. The maximum Gasteiger partial charge on any atom is 0.416 e. The summed E-state index contributed by atoms with van der Waals surface area (Å²) in [7, 11) is 1.38. The standard InChI is InChI=1S/C29H31F5N6O2/c1-17-22-16-39(19-7-8-19)36-26(22)38(15-18-5-3-4-6-23(18)29(32,33)34)28(41)40(17)20-10-13-37(14-11-20)24-21(25(30)31)9-12-35-27(24)42-2/h3-6,9,12,16-17,19-20,25H,7-8,10-11,13-15H2,1-2H3/t17-/m1/s1. The maximum atomic E-state index is 14.1. The van der Waals surface area contributed by atoms with Gasteiger partial charge in [-0.2, -0.15) is 18.3 Å². The van der Waals surface area contributed by atoms with Gasteiger partial charge in [-0.3, -0.25) is 9.58 Å². The van der Waals surface area contributed by atoms with E-state index in [2.05, 4.69) is 10.1 Å². The molecule has 1 saturated heterocycles. The predicted molar refractivity (Wildman–Crippen MR) is 145 cm³/mol. The topological polar surface area (TPSA) is 66.7 Å². The van der Waals surface area contributed by atoms with Crippen molar-refractivity contribution >= 4 is 17.5 Å². The molecule has 2 aliphatic heterocycles. The van der Waals surface area contributed by atoms with Crippen LogP contribution in [0.25, 0.3) is 0 Å². The number of carbonyl (C=O) groups is 1. The second-order valence-corrected chi connectivity index (χ2v) is 11.0. The van der Waals surface area contributed by atoms with E-state index in [1.165, 1.54) is 42.5 Å². The van der Waals surface area contributed by atoms with Crippen molar-refractivity contribution in [2.24, 2.45) is 0 Å². The van der Waals surface area contributed by atoms with E-state index in [4.69, 9.17) is 4.74 Å². The predicted octanol–water partition coefficient (Wildman–Crippen LogP) is 6.75. The maximum absolute atomic E-state index is 14.1. The number of hydrogen-bond donors (Lipinski definition) is 0. The van der Waals surface area contributed by atoms with Gasteiger partial charge in [0.2, 0.25) is 5.88 Å². The zero-order valence-corrected chi connectivity index (χ0v) is 23.2. The molecule has 0 bridgehead atoms. The second-order valence-electron chi connectivity index (χ2n) is 11.0. The molecular formula is C29H31F5N6O2. The minimum Gasteiger partial charge on any atom is -0.480 e. The van der Waals surface area contributed by atoms with Crippen LogP contribution in [-0.2, 0) is 12.7 Å². The summed E-state index contributed by atoms with van der Waals surface area (Å²) in [5.41, 5.74) is 0.0408. The molecule has 13 heteroatoms. The fourth-order valence-corrected chi connectivity index (χ4v) is 6.15. The highest BCUT2D eigenvalue weighted by Crippen LogP contribution is 2.44. The van der Waals surface area contributed by atoms with E-state index in [-0.39, 0.29) is 47.4 Å². The van der Waals surface area contributed by atoms with Gasteiger partial charge in [0.25, 0.3) is 6.43 Å². The summed E-state index contributed by atoms with van der Waals surface area (Å²) < 4.78 is 76.4. The SMILES string of the molecule is COc1nccc(C(F)F)c1N1CCC(N2C(=O)N(Cc3ccccc3C(F)(F)F)c3nn(C4CC4)cc3[C@H]2C)CC1. The van der Waals surface area contributed by atoms with Gasteiger partial charge in [0.15, 0.2) is 5.82 Å². The van der Waals surface area contributed by atoms with Gasteiger partial charge in [0.1, 0.15) is 5.69 Å². The molecule has 2 aromatic heterocycles. The van der Waals surface area contributed by atoms with Crippen molar-refractivity contribution in [1.29, 1.82) is 0 Å². The minimum atomic E-state index is -4.57. The molecule has 3 aliphatic rings. The van der Waals surface area contributed by atoms with Crippen molar-refractivity contribution in [2.75, 3.05) is 30.0 Å². The van der Waals surface area contributed by atoms with Crippen LogP contribution in [-0.4, -0.2) is 51.9 Å². The number of nitrogens with zero attached hydrogens (tertiary/aromatic N) is 6. The van der Waals surface area contributed by atoms with E-state index in [1.807, 2.05) is 17.8 Å². The van der Waals surface area contributed by atoms with Gasteiger partial charge in [-0.1, -0.05) is 18.2 Å². The third-order valence-electron chi connectivity index (χ3n) is 8.41. The van der Waals surface area contributed by atoms with E-state index < -0.39 is 24.2 Å². The van der Waals surface area contributed by atoms with Gasteiger partial charge in [0.05, 0.1) is 31.3 Å². The molecule has 0 spiro atoms. The number of piperidine rings is 1. The van der Waals surface area contributed by atoms with Gasteiger partial charge in [-0.15, -0.1) is 0 Å². The van der Waals surface area contributed by atoms with Crippen molar-refractivity contribution in [2.45, 2.75) is 69.9 Å². The number of urea groups is 1. The Kier molecular flexibility index (Phi) is 7.22. The lowest BCUT2D eigenvalue weighted by molar-refractivity contribution is -0.138. The Morgan fingerprint density at radius 2 is 1.76 bits per heavy atom.